The molecule has 26 heavy (non-hydrogen) atoms. The number of nitrogens with zero attached hydrogens (tertiary/aromatic N) is 2. The first-order valence-corrected chi connectivity index (χ1v) is 8.33. The molecular weight excluding hydrogens is 331 g/mol. The molecule has 0 atom stereocenters. The summed E-state index contributed by atoms with van der Waals surface area (Å²) in [4.78, 5) is 18.6. The number of aromatic nitrogens is 1. The third-order valence-corrected chi connectivity index (χ3v) is 4.17. The van der Waals surface area contributed by atoms with Crippen LogP contribution in [0.4, 0.5) is 10.2 Å². The number of benzene rings is 2. The smallest absolute Gasteiger partial charge is 0.253 e. The van der Waals surface area contributed by atoms with Gasteiger partial charge in [-0.25, -0.2) is 9.37 Å². The van der Waals surface area contributed by atoms with Crippen LogP contribution in [0.1, 0.15) is 10.4 Å². The number of nitrogens with two attached hydrogens (primary N) is 1. The Bertz CT molecular complexity index is 956. The van der Waals surface area contributed by atoms with Gasteiger partial charge in [-0.05, 0) is 48.8 Å². The number of amides is 1. The van der Waals surface area contributed by atoms with Crippen molar-refractivity contribution in [2.24, 2.45) is 0 Å². The van der Waals surface area contributed by atoms with Crippen LogP contribution in [0.15, 0.2) is 48.7 Å². The van der Waals surface area contributed by atoms with Crippen molar-refractivity contribution in [2.75, 3.05) is 32.9 Å². The number of fused-ring (bicyclic) bond motifs is 1. The molecule has 0 saturated heterocycles. The first-order chi connectivity index (χ1) is 12.5. The van der Waals surface area contributed by atoms with E-state index in [1.807, 2.05) is 43.3 Å². The molecule has 0 unspecified atom stereocenters. The van der Waals surface area contributed by atoms with Gasteiger partial charge in [0.05, 0.1) is 5.56 Å². The fraction of sp³-hybridized carbons (Fsp3) is 0.200. The summed E-state index contributed by atoms with van der Waals surface area (Å²) >= 11 is 0. The molecule has 6 heteroatoms. The Kier molecular flexibility index (Phi) is 5.14. The molecule has 5 nitrogen and oxygen atoms in total. The molecule has 3 N–H and O–H groups in total. The molecule has 0 bridgehead atoms. The lowest BCUT2D eigenvalue weighted by Gasteiger charge is -2.12. The molecule has 0 fully saturated rings. The number of nitrogens with one attached hydrogen (secondary N) is 1. The van der Waals surface area contributed by atoms with Crippen molar-refractivity contribution in [2.45, 2.75) is 0 Å². The Labute approximate surface area is 151 Å². The Balaban J connectivity index is 1.97. The Hall–Kier alpha value is -2.99. The topological polar surface area (TPSA) is 71.2 Å². The van der Waals surface area contributed by atoms with E-state index in [0.717, 1.165) is 23.1 Å². The summed E-state index contributed by atoms with van der Waals surface area (Å²) in [5.41, 5.74) is 8.05. The summed E-state index contributed by atoms with van der Waals surface area (Å²) in [5, 5.41) is 4.28. The first-order valence-electron chi connectivity index (χ1n) is 8.33. The van der Waals surface area contributed by atoms with Gasteiger partial charge in [-0.2, -0.15) is 0 Å². The monoisotopic (exact) mass is 352 g/mol. The van der Waals surface area contributed by atoms with E-state index in [0.29, 0.717) is 23.3 Å². The molecule has 0 aliphatic heterocycles. The van der Waals surface area contributed by atoms with Gasteiger partial charge in [-0.15, -0.1) is 0 Å². The number of halogens is 1. The van der Waals surface area contributed by atoms with Crippen LogP contribution in [0, 0.1) is 5.82 Å². The van der Waals surface area contributed by atoms with Crippen molar-refractivity contribution in [3.05, 3.63) is 60.0 Å². The van der Waals surface area contributed by atoms with Crippen molar-refractivity contribution in [1.29, 1.82) is 0 Å². The standard InChI is InChI=1S/C20H21FN4O/c1-25(2)9-8-23-20(26)18-12-24-19(22)17-11-14(6-7-16(17)18)13-4-3-5-15(21)10-13/h3-7,10-12H,8-9H2,1-2H3,(H2,22,24)(H,23,26). The maximum atomic E-state index is 13.5. The quantitative estimate of drug-likeness (QED) is 0.741. The second-order valence-electron chi connectivity index (χ2n) is 6.39. The van der Waals surface area contributed by atoms with E-state index in [2.05, 4.69) is 10.3 Å². The molecule has 0 aliphatic rings. The zero-order valence-corrected chi connectivity index (χ0v) is 14.8. The van der Waals surface area contributed by atoms with Crippen molar-refractivity contribution >= 4 is 22.5 Å². The highest BCUT2D eigenvalue weighted by Crippen LogP contribution is 2.29. The van der Waals surface area contributed by atoms with Crippen LogP contribution in [0.5, 0.6) is 0 Å². The van der Waals surface area contributed by atoms with E-state index in [1.54, 1.807) is 6.07 Å². The highest BCUT2D eigenvalue weighted by molar-refractivity contribution is 6.09. The zero-order valence-electron chi connectivity index (χ0n) is 14.8. The SMILES string of the molecule is CN(C)CCNC(=O)c1cnc(N)c2cc(-c3cccc(F)c3)ccc12. The minimum atomic E-state index is -0.303. The maximum absolute atomic E-state index is 13.5. The lowest BCUT2D eigenvalue weighted by atomic mass is 9.99. The molecule has 1 aromatic heterocycles. The van der Waals surface area contributed by atoms with Crippen LogP contribution in [-0.4, -0.2) is 43.0 Å². The number of carbonyl (C=O) groups is 1. The number of hydrogen-bond acceptors (Lipinski definition) is 4. The van der Waals surface area contributed by atoms with Gasteiger partial charge in [0.25, 0.3) is 5.91 Å². The van der Waals surface area contributed by atoms with Gasteiger partial charge >= 0.3 is 0 Å². The van der Waals surface area contributed by atoms with E-state index in [-0.39, 0.29) is 11.7 Å². The van der Waals surface area contributed by atoms with Gasteiger partial charge in [-0.1, -0.05) is 24.3 Å². The van der Waals surface area contributed by atoms with Crippen molar-refractivity contribution in [3.63, 3.8) is 0 Å². The number of anilines is 1. The van der Waals surface area contributed by atoms with E-state index in [9.17, 15) is 9.18 Å². The number of likely N-dealkylation sites (N-methyl/N-ethyl adjacent to an activating group) is 1. The summed E-state index contributed by atoms with van der Waals surface area (Å²) in [6.45, 7) is 1.29. The third kappa shape index (κ3) is 3.81. The minimum absolute atomic E-state index is 0.192. The summed E-state index contributed by atoms with van der Waals surface area (Å²) in [6, 6.07) is 11.9. The molecule has 0 saturated carbocycles. The largest absolute Gasteiger partial charge is 0.383 e. The zero-order chi connectivity index (χ0) is 18.7. The molecular formula is C20H21FN4O. The highest BCUT2D eigenvalue weighted by Gasteiger charge is 2.13. The molecule has 0 aliphatic carbocycles. The molecule has 2 aromatic carbocycles. The predicted molar refractivity (Wildman–Crippen MR) is 102 cm³/mol. The van der Waals surface area contributed by atoms with Crippen molar-refractivity contribution in [3.8, 4) is 11.1 Å². The van der Waals surface area contributed by atoms with Gasteiger partial charge in [0.2, 0.25) is 0 Å². The second kappa shape index (κ2) is 7.49. The van der Waals surface area contributed by atoms with Crippen LogP contribution < -0.4 is 11.1 Å². The van der Waals surface area contributed by atoms with Crippen molar-refractivity contribution in [1.82, 2.24) is 15.2 Å². The van der Waals surface area contributed by atoms with E-state index in [4.69, 9.17) is 5.73 Å². The average Bonchev–Trinajstić information content (AvgIpc) is 2.61. The molecule has 134 valence electrons. The van der Waals surface area contributed by atoms with E-state index >= 15 is 0 Å². The number of pyridine rings is 1. The third-order valence-electron chi connectivity index (χ3n) is 4.17. The summed E-state index contributed by atoms with van der Waals surface area (Å²) < 4.78 is 13.5. The lowest BCUT2D eigenvalue weighted by Crippen LogP contribution is -2.31. The van der Waals surface area contributed by atoms with Gasteiger partial charge in [0.15, 0.2) is 0 Å². The minimum Gasteiger partial charge on any atom is -0.383 e. The van der Waals surface area contributed by atoms with Crippen LogP contribution in [0.2, 0.25) is 0 Å². The number of rotatable bonds is 5. The van der Waals surface area contributed by atoms with Crippen LogP contribution >= 0.6 is 0 Å². The summed E-state index contributed by atoms with van der Waals surface area (Å²) in [7, 11) is 3.89. The van der Waals surface area contributed by atoms with Gasteiger partial charge < -0.3 is 16.0 Å². The maximum Gasteiger partial charge on any atom is 0.253 e. The number of carbonyl (C=O) groups excluding carboxylic acids is 1. The lowest BCUT2D eigenvalue weighted by molar-refractivity contribution is 0.0952. The van der Waals surface area contributed by atoms with E-state index in [1.165, 1.54) is 18.3 Å². The van der Waals surface area contributed by atoms with Gasteiger partial charge in [-0.3, -0.25) is 4.79 Å². The van der Waals surface area contributed by atoms with Gasteiger partial charge in [0.1, 0.15) is 11.6 Å². The number of nitrogen functional groups attached to an aromatic ring is 1. The molecule has 1 amide bonds. The molecule has 1 heterocycles. The Morgan fingerprint density at radius 2 is 1.92 bits per heavy atom. The summed E-state index contributed by atoms with van der Waals surface area (Å²) in [5.74, 6) is -0.159. The Morgan fingerprint density at radius 3 is 2.65 bits per heavy atom. The fourth-order valence-corrected chi connectivity index (χ4v) is 2.78. The van der Waals surface area contributed by atoms with Crippen LogP contribution in [0.3, 0.4) is 0 Å². The van der Waals surface area contributed by atoms with Crippen LogP contribution in [0.25, 0.3) is 21.9 Å². The normalized spacial score (nSPS) is 11.1. The Morgan fingerprint density at radius 1 is 1.15 bits per heavy atom. The molecule has 0 radical (unpaired) electrons. The predicted octanol–water partition coefficient (Wildman–Crippen LogP) is 2.91. The summed E-state index contributed by atoms with van der Waals surface area (Å²) in [6.07, 6.45) is 1.49. The molecule has 3 aromatic rings. The van der Waals surface area contributed by atoms with Crippen molar-refractivity contribution < 1.29 is 9.18 Å². The molecule has 0 spiro atoms. The molecule has 3 rings (SSSR count). The fourth-order valence-electron chi connectivity index (χ4n) is 2.78. The van der Waals surface area contributed by atoms with E-state index < -0.39 is 0 Å². The highest BCUT2D eigenvalue weighted by atomic mass is 19.1. The number of hydrogen-bond donors (Lipinski definition) is 2. The van der Waals surface area contributed by atoms with Gasteiger partial charge in [0, 0.05) is 24.7 Å². The van der Waals surface area contributed by atoms with Crippen LogP contribution in [-0.2, 0) is 0 Å². The first kappa shape index (κ1) is 17.8. The second-order valence-corrected chi connectivity index (χ2v) is 6.39. The average molecular weight is 352 g/mol.